The highest BCUT2D eigenvalue weighted by molar-refractivity contribution is 6.31. The van der Waals surface area contributed by atoms with E-state index in [0.29, 0.717) is 11.4 Å². The lowest BCUT2D eigenvalue weighted by atomic mass is 10.0. The van der Waals surface area contributed by atoms with Crippen LogP contribution < -0.4 is 5.32 Å². The van der Waals surface area contributed by atoms with Crippen LogP contribution >= 0.6 is 11.6 Å². The lowest BCUT2D eigenvalue weighted by molar-refractivity contribution is 0.0925. The molecule has 1 atom stereocenters. The van der Waals surface area contributed by atoms with Crippen molar-refractivity contribution in [2.24, 2.45) is 0 Å². The minimum absolute atomic E-state index is 0.206. The highest BCUT2D eigenvalue weighted by Gasteiger charge is 2.19. The van der Waals surface area contributed by atoms with Crippen LogP contribution in [0.1, 0.15) is 34.1 Å². The summed E-state index contributed by atoms with van der Waals surface area (Å²) in [6, 6.07) is 8.94. The smallest absolute Gasteiger partial charge is 0.273 e. The number of amides is 1. The molecular weight excluding hydrogens is 354 g/mol. The fourth-order valence-electron chi connectivity index (χ4n) is 3.01. The molecule has 1 aromatic carbocycles. The molecule has 7 heteroatoms. The molecule has 132 valence electrons. The Hall–Kier alpha value is -2.99. The van der Waals surface area contributed by atoms with Crippen LogP contribution in [0.15, 0.2) is 64.3 Å². The van der Waals surface area contributed by atoms with Crippen molar-refractivity contribution >= 4 is 28.4 Å². The number of halogens is 1. The monoisotopic (exact) mass is 369 g/mol. The Bertz CT molecular complexity index is 1010. The molecule has 0 aliphatic heterocycles. The van der Waals surface area contributed by atoms with E-state index in [1.165, 1.54) is 12.3 Å². The number of furan rings is 1. The number of nitrogens with one attached hydrogen (secondary N) is 2. The predicted octanol–water partition coefficient (Wildman–Crippen LogP) is 4.51. The van der Waals surface area contributed by atoms with Gasteiger partial charge in [0.25, 0.3) is 5.91 Å². The Balaban J connectivity index is 1.53. The van der Waals surface area contributed by atoms with Crippen LogP contribution in [0.2, 0.25) is 5.02 Å². The van der Waals surface area contributed by atoms with Gasteiger partial charge in [-0.1, -0.05) is 16.8 Å². The Labute approximate surface area is 154 Å². The van der Waals surface area contributed by atoms with Gasteiger partial charge in [-0.3, -0.25) is 4.79 Å². The van der Waals surface area contributed by atoms with Gasteiger partial charge >= 0.3 is 0 Å². The summed E-state index contributed by atoms with van der Waals surface area (Å²) in [4.78, 5) is 15.6. The maximum atomic E-state index is 12.3. The van der Waals surface area contributed by atoms with Crippen LogP contribution in [0.3, 0.4) is 0 Å². The van der Waals surface area contributed by atoms with Gasteiger partial charge in [0.1, 0.15) is 6.26 Å². The van der Waals surface area contributed by atoms with Crippen LogP contribution in [-0.2, 0) is 6.42 Å². The first-order valence-electron chi connectivity index (χ1n) is 8.19. The molecule has 0 saturated carbocycles. The molecule has 2 N–H and O–H groups in total. The van der Waals surface area contributed by atoms with Gasteiger partial charge in [-0.25, -0.2) is 0 Å². The number of carbonyl (C=O) groups is 1. The lowest BCUT2D eigenvalue weighted by Gasteiger charge is -2.16. The van der Waals surface area contributed by atoms with Crippen molar-refractivity contribution < 1.29 is 13.7 Å². The van der Waals surface area contributed by atoms with Gasteiger partial charge in [-0.05, 0) is 42.7 Å². The van der Waals surface area contributed by atoms with E-state index in [2.05, 4.69) is 15.5 Å². The molecule has 4 rings (SSSR count). The molecule has 1 amide bonds. The molecule has 3 aromatic heterocycles. The average Bonchev–Trinajstić information content (AvgIpc) is 3.39. The maximum Gasteiger partial charge on any atom is 0.273 e. The summed E-state index contributed by atoms with van der Waals surface area (Å²) < 4.78 is 9.92. The first-order valence-corrected chi connectivity index (χ1v) is 8.57. The van der Waals surface area contributed by atoms with Crippen LogP contribution in [0.5, 0.6) is 0 Å². The van der Waals surface area contributed by atoms with E-state index in [0.717, 1.165) is 28.5 Å². The summed E-state index contributed by atoms with van der Waals surface area (Å²) in [5, 5.41) is 8.45. The topological polar surface area (TPSA) is 84.1 Å². The van der Waals surface area contributed by atoms with Crippen LogP contribution in [-0.4, -0.2) is 16.0 Å². The predicted molar refractivity (Wildman–Crippen MR) is 97.0 cm³/mol. The fraction of sp³-hybridized carbons (Fsp3) is 0.158. The third-order valence-electron chi connectivity index (χ3n) is 4.35. The normalized spacial score (nSPS) is 12.3. The Morgan fingerprint density at radius 3 is 2.96 bits per heavy atom. The van der Waals surface area contributed by atoms with E-state index in [-0.39, 0.29) is 17.6 Å². The SMILES string of the molecule is O=C(NC(CCc1c[nH]c2ccc(Cl)cc12)c1ccoc1)c1ccon1. The Morgan fingerprint density at radius 1 is 1.27 bits per heavy atom. The largest absolute Gasteiger partial charge is 0.472 e. The number of aromatic nitrogens is 2. The van der Waals surface area contributed by atoms with E-state index < -0.39 is 0 Å². The zero-order chi connectivity index (χ0) is 17.9. The molecule has 3 heterocycles. The van der Waals surface area contributed by atoms with E-state index >= 15 is 0 Å². The molecule has 26 heavy (non-hydrogen) atoms. The first kappa shape index (κ1) is 16.5. The molecule has 0 bridgehead atoms. The van der Waals surface area contributed by atoms with Gasteiger partial charge in [-0.2, -0.15) is 0 Å². The molecule has 0 aliphatic carbocycles. The number of rotatable bonds is 6. The number of nitrogens with zero attached hydrogens (tertiary/aromatic N) is 1. The van der Waals surface area contributed by atoms with Crippen molar-refractivity contribution in [1.82, 2.24) is 15.5 Å². The summed E-state index contributed by atoms with van der Waals surface area (Å²) in [6.45, 7) is 0. The van der Waals surface area contributed by atoms with Crippen molar-refractivity contribution in [2.45, 2.75) is 18.9 Å². The molecule has 0 fully saturated rings. The van der Waals surface area contributed by atoms with Crippen LogP contribution in [0.25, 0.3) is 10.9 Å². The Morgan fingerprint density at radius 2 is 2.19 bits per heavy atom. The number of carbonyl (C=O) groups excluding carboxylic acids is 1. The van der Waals surface area contributed by atoms with Gasteiger partial charge in [0, 0.05) is 33.8 Å². The number of aromatic amines is 1. The minimum Gasteiger partial charge on any atom is -0.472 e. The molecular formula is C19H16ClN3O3. The van der Waals surface area contributed by atoms with Gasteiger partial charge < -0.3 is 19.2 Å². The van der Waals surface area contributed by atoms with Crippen molar-refractivity contribution in [3.05, 3.63) is 77.2 Å². The van der Waals surface area contributed by atoms with Gasteiger partial charge in [0.15, 0.2) is 5.69 Å². The van der Waals surface area contributed by atoms with Gasteiger partial charge in [0.2, 0.25) is 0 Å². The van der Waals surface area contributed by atoms with E-state index in [1.54, 1.807) is 12.5 Å². The molecule has 1 unspecified atom stereocenters. The van der Waals surface area contributed by atoms with Gasteiger partial charge in [0.05, 0.1) is 18.6 Å². The summed E-state index contributed by atoms with van der Waals surface area (Å²) in [5.41, 5.74) is 3.33. The molecule has 6 nitrogen and oxygen atoms in total. The van der Waals surface area contributed by atoms with Crippen molar-refractivity contribution in [2.75, 3.05) is 0 Å². The summed E-state index contributed by atoms with van der Waals surface area (Å²) >= 11 is 6.12. The van der Waals surface area contributed by atoms with E-state index in [1.807, 2.05) is 30.5 Å². The van der Waals surface area contributed by atoms with Crippen LogP contribution in [0, 0.1) is 0 Å². The lowest BCUT2D eigenvalue weighted by Crippen LogP contribution is -2.29. The van der Waals surface area contributed by atoms with E-state index in [9.17, 15) is 4.79 Å². The molecule has 0 radical (unpaired) electrons. The maximum absolute atomic E-state index is 12.3. The third-order valence-corrected chi connectivity index (χ3v) is 4.59. The molecule has 0 aliphatic rings. The number of H-pyrrole nitrogens is 1. The standard InChI is InChI=1S/C19H16ClN3O3/c20-14-2-4-17-15(9-14)12(10-21-17)1-3-16(13-5-7-25-11-13)22-19(24)18-6-8-26-23-18/h2,4-11,16,21H,1,3H2,(H,22,24). The van der Waals surface area contributed by atoms with Crippen LogP contribution in [0.4, 0.5) is 0 Å². The minimum atomic E-state index is -0.285. The third kappa shape index (κ3) is 3.36. The zero-order valence-electron chi connectivity index (χ0n) is 13.7. The number of hydrogen-bond donors (Lipinski definition) is 2. The quantitative estimate of drug-likeness (QED) is 0.524. The second kappa shape index (κ2) is 7.09. The number of aryl methyl sites for hydroxylation is 1. The number of fused-ring (bicyclic) bond motifs is 1. The molecule has 4 aromatic rings. The molecule has 0 saturated heterocycles. The van der Waals surface area contributed by atoms with Crippen molar-refractivity contribution in [3.8, 4) is 0 Å². The Kier molecular flexibility index (Phi) is 4.50. The van der Waals surface area contributed by atoms with E-state index in [4.69, 9.17) is 20.5 Å². The van der Waals surface area contributed by atoms with Crippen molar-refractivity contribution in [3.63, 3.8) is 0 Å². The summed E-state index contributed by atoms with van der Waals surface area (Å²) in [5.74, 6) is -0.285. The summed E-state index contributed by atoms with van der Waals surface area (Å²) in [6.07, 6.45) is 8.04. The average molecular weight is 370 g/mol. The van der Waals surface area contributed by atoms with Gasteiger partial charge in [-0.15, -0.1) is 0 Å². The summed E-state index contributed by atoms with van der Waals surface area (Å²) in [7, 11) is 0. The highest BCUT2D eigenvalue weighted by atomic mass is 35.5. The number of benzene rings is 1. The first-order chi connectivity index (χ1) is 12.7. The molecule has 0 spiro atoms. The highest BCUT2D eigenvalue weighted by Crippen LogP contribution is 2.26. The van der Waals surface area contributed by atoms with Crippen molar-refractivity contribution in [1.29, 1.82) is 0 Å². The zero-order valence-corrected chi connectivity index (χ0v) is 14.5. The second-order valence-corrected chi connectivity index (χ2v) is 6.45. The fourth-order valence-corrected chi connectivity index (χ4v) is 3.19. The number of hydrogen-bond acceptors (Lipinski definition) is 4. The second-order valence-electron chi connectivity index (χ2n) is 6.01.